The second kappa shape index (κ2) is 6.60. The lowest BCUT2D eigenvalue weighted by Gasteiger charge is -2.08. The first-order valence-corrected chi connectivity index (χ1v) is 5.70. The predicted octanol–water partition coefficient (Wildman–Crippen LogP) is 2.03. The van der Waals surface area contributed by atoms with Crippen molar-refractivity contribution in [2.75, 3.05) is 5.32 Å². The molecule has 0 aliphatic rings. The monoisotopic (exact) mass is 298 g/mol. The number of imide groups is 1. The first-order valence-electron chi connectivity index (χ1n) is 5.70. The van der Waals surface area contributed by atoms with Crippen LogP contribution in [0.5, 0.6) is 0 Å². The Morgan fingerprint density at radius 3 is 2.29 bits per heavy atom. The van der Waals surface area contributed by atoms with Crippen molar-refractivity contribution in [1.29, 1.82) is 0 Å². The standard InChI is InChI=1S/C13H12F2N2O4/c1-6(7(2)12(19)20)11(18)17-13(21)16-10-5-8(14)3-4-9(10)15/h3-5H,1-2H3,(H,19,20)(H2,16,17,18,21). The molecule has 3 amide bonds. The van der Waals surface area contributed by atoms with Crippen LogP contribution in [0.1, 0.15) is 13.8 Å². The molecule has 0 atom stereocenters. The molecule has 1 rings (SSSR count). The lowest BCUT2D eigenvalue weighted by Crippen LogP contribution is -2.35. The topological polar surface area (TPSA) is 95.5 Å². The molecule has 6 nitrogen and oxygen atoms in total. The van der Waals surface area contributed by atoms with Gasteiger partial charge in [-0.2, -0.15) is 0 Å². The molecule has 0 aliphatic carbocycles. The Hall–Kier alpha value is -2.77. The van der Waals surface area contributed by atoms with Gasteiger partial charge < -0.3 is 10.4 Å². The summed E-state index contributed by atoms with van der Waals surface area (Å²) in [5.74, 6) is -3.91. The maximum Gasteiger partial charge on any atom is 0.331 e. The van der Waals surface area contributed by atoms with Gasteiger partial charge in [0.1, 0.15) is 11.6 Å². The van der Waals surface area contributed by atoms with Crippen LogP contribution in [0.3, 0.4) is 0 Å². The third kappa shape index (κ3) is 4.37. The van der Waals surface area contributed by atoms with Crippen molar-refractivity contribution in [3.05, 3.63) is 41.0 Å². The Morgan fingerprint density at radius 2 is 1.71 bits per heavy atom. The summed E-state index contributed by atoms with van der Waals surface area (Å²) >= 11 is 0. The fourth-order valence-corrected chi connectivity index (χ4v) is 1.27. The van der Waals surface area contributed by atoms with Gasteiger partial charge in [0.25, 0.3) is 5.91 Å². The van der Waals surface area contributed by atoms with Gasteiger partial charge in [-0.05, 0) is 26.0 Å². The highest BCUT2D eigenvalue weighted by Gasteiger charge is 2.16. The minimum atomic E-state index is -1.31. The van der Waals surface area contributed by atoms with Crippen LogP contribution in [0.25, 0.3) is 0 Å². The lowest BCUT2D eigenvalue weighted by molar-refractivity contribution is -0.133. The third-order valence-electron chi connectivity index (χ3n) is 2.63. The van der Waals surface area contributed by atoms with Crippen molar-refractivity contribution < 1.29 is 28.3 Å². The molecule has 0 aromatic heterocycles. The second-order valence-electron chi connectivity index (χ2n) is 4.09. The summed E-state index contributed by atoms with van der Waals surface area (Å²) in [4.78, 5) is 33.7. The summed E-state index contributed by atoms with van der Waals surface area (Å²) in [7, 11) is 0. The zero-order valence-corrected chi connectivity index (χ0v) is 11.2. The van der Waals surface area contributed by atoms with Gasteiger partial charge in [0.15, 0.2) is 0 Å². The fourth-order valence-electron chi connectivity index (χ4n) is 1.27. The van der Waals surface area contributed by atoms with Gasteiger partial charge in [0, 0.05) is 17.2 Å². The maximum atomic E-state index is 13.3. The van der Waals surface area contributed by atoms with E-state index in [1.807, 2.05) is 10.6 Å². The highest BCUT2D eigenvalue weighted by molar-refractivity contribution is 6.10. The lowest BCUT2D eigenvalue weighted by atomic mass is 10.1. The number of hydrogen-bond acceptors (Lipinski definition) is 3. The molecule has 21 heavy (non-hydrogen) atoms. The number of benzene rings is 1. The highest BCUT2D eigenvalue weighted by atomic mass is 19.1. The first kappa shape index (κ1) is 16.3. The van der Waals surface area contributed by atoms with Crippen LogP contribution < -0.4 is 10.6 Å². The largest absolute Gasteiger partial charge is 0.478 e. The van der Waals surface area contributed by atoms with Gasteiger partial charge in [0.2, 0.25) is 0 Å². The number of carboxylic acid groups (broad SMARTS) is 1. The van der Waals surface area contributed by atoms with Gasteiger partial charge in [-0.25, -0.2) is 18.4 Å². The predicted molar refractivity (Wildman–Crippen MR) is 69.5 cm³/mol. The Labute approximate surface area is 118 Å². The van der Waals surface area contributed by atoms with Gasteiger partial charge in [-0.3, -0.25) is 10.1 Å². The van der Waals surface area contributed by atoms with Crippen molar-refractivity contribution in [3.8, 4) is 0 Å². The van der Waals surface area contributed by atoms with Gasteiger partial charge in [-0.15, -0.1) is 0 Å². The molecule has 0 saturated carbocycles. The Bertz CT molecular complexity index is 641. The van der Waals surface area contributed by atoms with E-state index >= 15 is 0 Å². The number of halogens is 2. The number of urea groups is 1. The van der Waals surface area contributed by atoms with Crippen LogP contribution in [-0.2, 0) is 9.59 Å². The van der Waals surface area contributed by atoms with E-state index in [-0.39, 0.29) is 11.1 Å². The number of nitrogens with one attached hydrogen (secondary N) is 2. The first-order chi connectivity index (χ1) is 9.72. The van der Waals surface area contributed by atoms with Crippen LogP contribution in [0.4, 0.5) is 19.3 Å². The smallest absolute Gasteiger partial charge is 0.331 e. The summed E-state index contributed by atoms with van der Waals surface area (Å²) in [6.45, 7) is 2.41. The molecular weight excluding hydrogens is 286 g/mol. The number of rotatable bonds is 3. The van der Waals surface area contributed by atoms with E-state index in [9.17, 15) is 23.2 Å². The van der Waals surface area contributed by atoms with Crippen molar-refractivity contribution in [2.45, 2.75) is 13.8 Å². The van der Waals surface area contributed by atoms with Crippen molar-refractivity contribution in [2.24, 2.45) is 0 Å². The summed E-state index contributed by atoms with van der Waals surface area (Å²) in [6, 6.07) is 1.31. The number of carbonyl (C=O) groups is 3. The van der Waals surface area contributed by atoms with Crippen LogP contribution >= 0.6 is 0 Å². The fraction of sp³-hybridized carbons (Fsp3) is 0.154. The van der Waals surface area contributed by atoms with Crippen molar-refractivity contribution in [1.82, 2.24) is 5.32 Å². The van der Waals surface area contributed by atoms with Crippen LogP contribution in [0.15, 0.2) is 29.3 Å². The molecule has 112 valence electrons. The van der Waals surface area contributed by atoms with Crippen LogP contribution in [-0.4, -0.2) is 23.0 Å². The molecule has 0 heterocycles. The molecule has 3 N–H and O–H groups in total. The molecule has 0 spiro atoms. The molecule has 8 heteroatoms. The molecule has 0 unspecified atom stereocenters. The van der Waals surface area contributed by atoms with Crippen molar-refractivity contribution in [3.63, 3.8) is 0 Å². The zero-order valence-electron chi connectivity index (χ0n) is 11.2. The molecule has 0 bridgehead atoms. The van der Waals surface area contributed by atoms with E-state index in [2.05, 4.69) is 0 Å². The summed E-state index contributed by atoms with van der Waals surface area (Å²) in [6.07, 6.45) is 0. The normalized spacial score (nSPS) is 11.4. The van der Waals surface area contributed by atoms with E-state index < -0.39 is 35.2 Å². The number of hydrogen-bond donors (Lipinski definition) is 3. The van der Waals surface area contributed by atoms with E-state index in [4.69, 9.17) is 5.11 Å². The van der Waals surface area contributed by atoms with E-state index in [1.165, 1.54) is 13.8 Å². The minimum absolute atomic E-state index is 0.183. The average molecular weight is 298 g/mol. The molecule has 0 saturated heterocycles. The quantitative estimate of drug-likeness (QED) is 0.744. The van der Waals surface area contributed by atoms with Gasteiger partial charge in [-0.1, -0.05) is 0 Å². The molecule has 0 aliphatic heterocycles. The maximum absolute atomic E-state index is 13.3. The summed E-state index contributed by atoms with van der Waals surface area (Å²) < 4.78 is 26.2. The Kier molecular flexibility index (Phi) is 5.12. The molecule has 1 aromatic carbocycles. The van der Waals surface area contributed by atoms with E-state index in [0.717, 1.165) is 18.2 Å². The highest BCUT2D eigenvalue weighted by Crippen LogP contribution is 2.15. The minimum Gasteiger partial charge on any atom is -0.478 e. The third-order valence-corrected chi connectivity index (χ3v) is 2.63. The molecule has 1 aromatic rings. The summed E-state index contributed by atoms with van der Waals surface area (Å²) in [5.41, 5.74) is -0.869. The molecule has 0 radical (unpaired) electrons. The average Bonchev–Trinajstić information content (AvgIpc) is 2.40. The Balaban J connectivity index is 2.79. The van der Waals surface area contributed by atoms with Crippen molar-refractivity contribution >= 4 is 23.6 Å². The van der Waals surface area contributed by atoms with Crippen LogP contribution in [0.2, 0.25) is 0 Å². The number of aliphatic carboxylic acids is 1. The Morgan fingerprint density at radius 1 is 1.10 bits per heavy atom. The number of carboxylic acids is 1. The molecular formula is C13H12F2N2O4. The van der Waals surface area contributed by atoms with E-state index in [1.54, 1.807) is 0 Å². The number of carbonyl (C=O) groups excluding carboxylic acids is 2. The second-order valence-corrected chi connectivity index (χ2v) is 4.09. The van der Waals surface area contributed by atoms with E-state index in [0.29, 0.717) is 0 Å². The number of amides is 3. The SMILES string of the molecule is CC(C(=O)O)=C(C)C(=O)NC(=O)Nc1cc(F)ccc1F. The number of anilines is 1. The zero-order chi connectivity index (χ0) is 16.2. The van der Waals surface area contributed by atoms with Gasteiger partial charge >= 0.3 is 12.0 Å². The van der Waals surface area contributed by atoms with Gasteiger partial charge in [0.05, 0.1) is 5.69 Å². The van der Waals surface area contributed by atoms with Crippen LogP contribution in [0, 0.1) is 11.6 Å². The summed E-state index contributed by atoms with van der Waals surface area (Å²) in [5, 5.41) is 12.5. The molecule has 0 fully saturated rings.